The van der Waals surface area contributed by atoms with Gasteiger partial charge in [0.25, 0.3) is 0 Å². The standard InChI is InChI=1S/C20H26O2S/c1-12(23)22-14-4-6-15-13(11-14)3-5-17-16(15)9-10-20(2)18(17)7-8-19(20)21/h4,6,11-12,16-18,23H,3,5,7-10H2,1-2H3/t12?,16?,17?,18?,20-/m0/s1. The van der Waals surface area contributed by atoms with E-state index in [0.717, 1.165) is 31.4 Å². The zero-order valence-electron chi connectivity index (χ0n) is 14.0. The van der Waals surface area contributed by atoms with Crippen molar-refractivity contribution in [1.82, 2.24) is 0 Å². The molecule has 124 valence electrons. The molecule has 5 atom stereocenters. The lowest BCUT2D eigenvalue weighted by molar-refractivity contribution is -0.129. The van der Waals surface area contributed by atoms with Crippen molar-refractivity contribution in [3.05, 3.63) is 29.3 Å². The second kappa shape index (κ2) is 5.54. The van der Waals surface area contributed by atoms with Crippen LogP contribution < -0.4 is 4.74 Å². The van der Waals surface area contributed by atoms with E-state index in [1.54, 1.807) is 0 Å². The quantitative estimate of drug-likeness (QED) is 0.625. The summed E-state index contributed by atoms with van der Waals surface area (Å²) in [5.41, 5.74) is 2.86. The number of rotatable bonds is 2. The maximum atomic E-state index is 12.4. The van der Waals surface area contributed by atoms with E-state index in [1.807, 2.05) is 6.92 Å². The summed E-state index contributed by atoms with van der Waals surface area (Å²) in [5.74, 6) is 3.41. The largest absolute Gasteiger partial charge is 0.480 e. The summed E-state index contributed by atoms with van der Waals surface area (Å²) in [6.45, 7) is 4.18. The molecule has 4 rings (SSSR count). The van der Waals surface area contributed by atoms with Gasteiger partial charge in [-0.15, -0.1) is 12.6 Å². The highest BCUT2D eigenvalue weighted by Gasteiger charge is 2.54. The summed E-state index contributed by atoms with van der Waals surface area (Å²) in [6.07, 6.45) is 6.51. The van der Waals surface area contributed by atoms with Crippen molar-refractivity contribution < 1.29 is 9.53 Å². The Bertz CT molecular complexity index is 639. The zero-order valence-corrected chi connectivity index (χ0v) is 14.9. The molecule has 0 bridgehead atoms. The van der Waals surface area contributed by atoms with Crippen LogP contribution in [0.25, 0.3) is 0 Å². The predicted molar refractivity (Wildman–Crippen MR) is 95.1 cm³/mol. The van der Waals surface area contributed by atoms with Gasteiger partial charge in [0.1, 0.15) is 17.0 Å². The van der Waals surface area contributed by atoms with Gasteiger partial charge in [-0.25, -0.2) is 0 Å². The third-order valence-corrected chi connectivity index (χ3v) is 6.82. The summed E-state index contributed by atoms with van der Waals surface area (Å²) in [7, 11) is 0. The lowest BCUT2D eigenvalue weighted by atomic mass is 9.55. The fraction of sp³-hybridized carbons (Fsp3) is 0.650. The van der Waals surface area contributed by atoms with Crippen LogP contribution in [0.4, 0.5) is 0 Å². The highest BCUT2D eigenvalue weighted by atomic mass is 32.1. The van der Waals surface area contributed by atoms with Gasteiger partial charge in [0.15, 0.2) is 0 Å². The Balaban J connectivity index is 1.63. The van der Waals surface area contributed by atoms with E-state index in [1.165, 1.54) is 24.0 Å². The zero-order chi connectivity index (χ0) is 16.2. The number of hydrogen-bond acceptors (Lipinski definition) is 3. The molecule has 0 aromatic heterocycles. The van der Waals surface area contributed by atoms with E-state index in [9.17, 15) is 4.79 Å². The highest BCUT2D eigenvalue weighted by molar-refractivity contribution is 7.80. The van der Waals surface area contributed by atoms with Crippen molar-refractivity contribution >= 4 is 18.4 Å². The molecule has 23 heavy (non-hydrogen) atoms. The van der Waals surface area contributed by atoms with Crippen LogP contribution >= 0.6 is 12.6 Å². The van der Waals surface area contributed by atoms with Gasteiger partial charge in [-0.2, -0.15) is 0 Å². The maximum Gasteiger partial charge on any atom is 0.139 e. The summed E-state index contributed by atoms with van der Waals surface area (Å²) in [6, 6.07) is 6.59. The molecular formula is C20H26O2S. The number of benzene rings is 1. The van der Waals surface area contributed by atoms with E-state index in [4.69, 9.17) is 4.74 Å². The minimum absolute atomic E-state index is 0.0246. The Morgan fingerprint density at radius 2 is 2.09 bits per heavy atom. The molecule has 1 aromatic carbocycles. The van der Waals surface area contributed by atoms with Crippen LogP contribution in [0.15, 0.2) is 18.2 Å². The number of hydrogen-bond donors (Lipinski definition) is 1. The van der Waals surface area contributed by atoms with Crippen LogP contribution in [0.1, 0.15) is 63.0 Å². The van der Waals surface area contributed by atoms with Crippen molar-refractivity contribution in [2.24, 2.45) is 17.3 Å². The molecule has 0 radical (unpaired) electrons. The van der Waals surface area contributed by atoms with Crippen LogP contribution in [0.2, 0.25) is 0 Å². The number of fused-ring (bicyclic) bond motifs is 5. The number of ether oxygens (including phenoxy) is 1. The van der Waals surface area contributed by atoms with E-state index >= 15 is 0 Å². The number of thiol groups is 1. The molecule has 2 nitrogen and oxygen atoms in total. The third kappa shape index (κ3) is 2.43. The number of ketones is 1. The second-order valence-corrected chi connectivity index (χ2v) is 8.64. The first kappa shape index (κ1) is 15.6. The Kier molecular flexibility index (Phi) is 3.75. The molecule has 0 spiro atoms. The van der Waals surface area contributed by atoms with Crippen molar-refractivity contribution in [3.8, 4) is 5.75 Å². The minimum atomic E-state index is -0.0794. The molecule has 4 unspecified atom stereocenters. The minimum Gasteiger partial charge on any atom is -0.480 e. The lowest BCUT2D eigenvalue weighted by Gasteiger charge is -2.48. The van der Waals surface area contributed by atoms with Crippen molar-refractivity contribution in [3.63, 3.8) is 0 Å². The molecule has 0 saturated heterocycles. The Morgan fingerprint density at radius 1 is 1.26 bits per heavy atom. The van der Waals surface area contributed by atoms with E-state index in [2.05, 4.69) is 37.8 Å². The number of aryl methyl sites for hydroxylation is 1. The SMILES string of the molecule is CC(S)Oc1ccc2c(c1)CCC1C2CC[C@]2(C)C(=O)CCC12. The van der Waals surface area contributed by atoms with Gasteiger partial charge in [-0.1, -0.05) is 13.0 Å². The molecule has 2 saturated carbocycles. The van der Waals surface area contributed by atoms with Crippen molar-refractivity contribution in [2.75, 3.05) is 0 Å². The predicted octanol–water partition coefficient (Wildman–Crippen LogP) is 4.77. The van der Waals surface area contributed by atoms with Crippen LogP contribution in [0.5, 0.6) is 5.75 Å². The fourth-order valence-corrected chi connectivity index (χ4v) is 5.72. The van der Waals surface area contributed by atoms with Gasteiger partial charge in [-0.3, -0.25) is 4.79 Å². The first-order chi connectivity index (χ1) is 11.0. The van der Waals surface area contributed by atoms with Gasteiger partial charge < -0.3 is 4.74 Å². The average molecular weight is 330 g/mol. The maximum absolute atomic E-state index is 12.4. The van der Waals surface area contributed by atoms with Crippen molar-refractivity contribution in [1.29, 1.82) is 0 Å². The van der Waals surface area contributed by atoms with Gasteiger partial charge in [0, 0.05) is 11.8 Å². The fourth-order valence-electron chi connectivity index (χ4n) is 5.60. The molecule has 2 fully saturated rings. The molecule has 0 amide bonds. The Hall–Kier alpha value is -0.960. The summed E-state index contributed by atoms with van der Waals surface area (Å²) < 4.78 is 5.74. The van der Waals surface area contributed by atoms with Crippen LogP contribution in [-0.2, 0) is 11.2 Å². The number of Topliss-reactive ketones (excluding diaryl/α,β-unsaturated/α-hetero) is 1. The molecule has 0 aliphatic heterocycles. The van der Waals surface area contributed by atoms with Crippen molar-refractivity contribution in [2.45, 2.75) is 63.7 Å². The summed E-state index contributed by atoms with van der Waals surface area (Å²) >= 11 is 4.31. The van der Waals surface area contributed by atoms with Crippen LogP contribution in [0.3, 0.4) is 0 Å². The Labute approximate surface area is 144 Å². The van der Waals surface area contributed by atoms with Crippen LogP contribution in [0, 0.1) is 17.3 Å². The summed E-state index contributed by atoms with van der Waals surface area (Å²) in [5, 5.41) is 0. The van der Waals surface area contributed by atoms with Gasteiger partial charge in [0.2, 0.25) is 0 Å². The third-order valence-electron chi connectivity index (χ3n) is 6.71. The second-order valence-electron chi connectivity index (χ2n) is 7.91. The van der Waals surface area contributed by atoms with E-state index in [-0.39, 0.29) is 10.9 Å². The smallest absolute Gasteiger partial charge is 0.139 e. The first-order valence-corrected chi connectivity index (χ1v) is 9.51. The molecular weight excluding hydrogens is 304 g/mol. The monoisotopic (exact) mass is 330 g/mol. The van der Waals surface area contributed by atoms with Gasteiger partial charge in [-0.05, 0) is 80.0 Å². The number of carbonyl (C=O) groups excluding carboxylic acids is 1. The van der Waals surface area contributed by atoms with Crippen LogP contribution in [-0.4, -0.2) is 11.2 Å². The molecule has 1 aromatic rings. The highest BCUT2D eigenvalue weighted by Crippen LogP contribution is 2.59. The first-order valence-electron chi connectivity index (χ1n) is 9.00. The number of carbonyl (C=O) groups is 1. The molecule has 3 heteroatoms. The molecule has 3 aliphatic carbocycles. The molecule has 3 aliphatic rings. The topological polar surface area (TPSA) is 26.3 Å². The average Bonchev–Trinajstić information content (AvgIpc) is 2.82. The normalized spacial score (nSPS) is 36.8. The van der Waals surface area contributed by atoms with E-state index < -0.39 is 0 Å². The summed E-state index contributed by atoms with van der Waals surface area (Å²) in [4.78, 5) is 12.4. The Morgan fingerprint density at radius 3 is 2.87 bits per heavy atom. The molecule has 0 N–H and O–H groups in total. The van der Waals surface area contributed by atoms with E-state index in [0.29, 0.717) is 23.5 Å². The lowest BCUT2D eigenvalue weighted by Crippen LogP contribution is -2.42. The molecule has 0 heterocycles. The van der Waals surface area contributed by atoms with Gasteiger partial charge in [0.05, 0.1) is 0 Å². The van der Waals surface area contributed by atoms with Gasteiger partial charge >= 0.3 is 0 Å².